The van der Waals surface area contributed by atoms with Crippen molar-refractivity contribution in [1.29, 1.82) is 0 Å². The third kappa shape index (κ3) is 4.05. The van der Waals surface area contributed by atoms with Crippen molar-refractivity contribution < 1.29 is 13.9 Å². The number of hydrogen-bond acceptors (Lipinski definition) is 4. The number of fused-ring (bicyclic) bond motifs is 1. The highest BCUT2D eigenvalue weighted by molar-refractivity contribution is 9.10. The monoisotopic (exact) mass is 450 g/mol. The molecule has 0 amide bonds. The van der Waals surface area contributed by atoms with Gasteiger partial charge in [-0.25, -0.2) is 0 Å². The Morgan fingerprint density at radius 1 is 0.966 bits per heavy atom. The summed E-state index contributed by atoms with van der Waals surface area (Å²) in [4.78, 5) is 13.3. The number of aryl methyl sites for hydroxylation is 1. The van der Waals surface area contributed by atoms with Gasteiger partial charge in [0.05, 0.1) is 12.5 Å². The van der Waals surface area contributed by atoms with Gasteiger partial charge in [0.15, 0.2) is 5.76 Å². The van der Waals surface area contributed by atoms with Crippen LogP contribution in [-0.2, 0) is 6.61 Å². The van der Waals surface area contributed by atoms with E-state index in [0.717, 1.165) is 26.9 Å². The molecule has 0 saturated carbocycles. The molecule has 0 N–H and O–H groups in total. The van der Waals surface area contributed by atoms with E-state index in [1.54, 1.807) is 7.11 Å². The van der Waals surface area contributed by atoms with Crippen LogP contribution in [-0.4, -0.2) is 7.11 Å². The Morgan fingerprint density at radius 3 is 2.38 bits per heavy atom. The molecule has 3 aromatic carbocycles. The average Bonchev–Trinajstić information content (AvgIpc) is 2.74. The molecular weight excluding hydrogens is 432 g/mol. The van der Waals surface area contributed by atoms with Crippen LogP contribution >= 0.6 is 15.9 Å². The van der Waals surface area contributed by atoms with Crippen molar-refractivity contribution in [2.24, 2.45) is 0 Å². The fraction of sp³-hybridized carbons (Fsp3) is 0.125. The van der Waals surface area contributed by atoms with E-state index in [0.29, 0.717) is 16.7 Å². The van der Waals surface area contributed by atoms with Gasteiger partial charge in [-0.2, -0.15) is 0 Å². The minimum atomic E-state index is -0.183. The molecule has 0 bridgehead atoms. The van der Waals surface area contributed by atoms with Crippen molar-refractivity contribution in [3.63, 3.8) is 0 Å². The molecule has 1 heterocycles. The maximum atomic E-state index is 13.3. The lowest BCUT2D eigenvalue weighted by molar-refractivity contribution is 0.298. The second kappa shape index (κ2) is 8.13. The first-order valence-electron chi connectivity index (χ1n) is 9.14. The highest BCUT2D eigenvalue weighted by Crippen LogP contribution is 2.32. The molecular formula is C24H19BrO4. The quantitative estimate of drug-likeness (QED) is 0.367. The maximum absolute atomic E-state index is 13.3. The number of hydrogen-bond donors (Lipinski definition) is 0. The van der Waals surface area contributed by atoms with Crippen molar-refractivity contribution in [3.8, 4) is 22.8 Å². The molecule has 0 radical (unpaired) electrons. The second-order valence-corrected chi connectivity index (χ2v) is 7.65. The minimum Gasteiger partial charge on any atom is -0.497 e. The predicted octanol–water partition coefficient (Wildman–Crippen LogP) is 6.12. The predicted molar refractivity (Wildman–Crippen MR) is 118 cm³/mol. The van der Waals surface area contributed by atoms with Crippen molar-refractivity contribution >= 4 is 26.9 Å². The number of methoxy groups -OCH3 is 1. The fourth-order valence-corrected chi connectivity index (χ4v) is 3.36. The van der Waals surface area contributed by atoms with Crippen molar-refractivity contribution in [1.82, 2.24) is 0 Å². The van der Waals surface area contributed by atoms with Crippen LogP contribution < -0.4 is 14.9 Å². The van der Waals surface area contributed by atoms with Crippen LogP contribution in [0.25, 0.3) is 22.3 Å². The summed E-state index contributed by atoms with van der Waals surface area (Å²) in [5, 5.41) is 0.507. The van der Waals surface area contributed by atoms with Crippen LogP contribution in [0.3, 0.4) is 0 Å². The molecule has 0 aliphatic heterocycles. The third-order valence-corrected chi connectivity index (χ3v) is 5.18. The highest BCUT2D eigenvalue weighted by atomic mass is 79.9. The molecule has 0 unspecified atom stereocenters. The zero-order valence-electron chi connectivity index (χ0n) is 16.1. The van der Waals surface area contributed by atoms with Gasteiger partial charge in [0.25, 0.3) is 0 Å². The van der Waals surface area contributed by atoms with E-state index in [2.05, 4.69) is 15.9 Å². The van der Waals surface area contributed by atoms with E-state index in [4.69, 9.17) is 13.9 Å². The highest BCUT2D eigenvalue weighted by Gasteiger charge is 2.18. The topological polar surface area (TPSA) is 48.7 Å². The molecule has 0 aliphatic carbocycles. The molecule has 29 heavy (non-hydrogen) atoms. The Labute approximate surface area is 176 Å². The van der Waals surface area contributed by atoms with Crippen molar-refractivity contribution in [2.45, 2.75) is 13.5 Å². The lowest BCUT2D eigenvalue weighted by Crippen LogP contribution is -2.10. The summed E-state index contributed by atoms with van der Waals surface area (Å²) in [6, 6.07) is 20.7. The van der Waals surface area contributed by atoms with Gasteiger partial charge in [-0.15, -0.1) is 0 Å². The summed E-state index contributed by atoms with van der Waals surface area (Å²) >= 11 is 3.42. The first-order valence-corrected chi connectivity index (χ1v) is 9.93. The van der Waals surface area contributed by atoms with E-state index >= 15 is 0 Å². The molecule has 0 saturated heterocycles. The van der Waals surface area contributed by atoms with Gasteiger partial charge >= 0.3 is 0 Å². The van der Waals surface area contributed by atoms with Crippen LogP contribution in [0.5, 0.6) is 11.5 Å². The second-order valence-electron chi connectivity index (χ2n) is 6.73. The smallest absolute Gasteiger partial charge is 0.235 e. The molecule has 4 nitrogen and oxygen atoms in total. The Kier molecular flexibility index (Phi) is 5.41. The normalized spacial score (nSPS) is 10.9. The van der Waals surface area contributed by atoms with Gasteiger partial charge in [-0.1, -0.05) is 39.7 Å². The first-order chi connectivity index (χ1) is 14.0. The molecule has 5 heteroatoms. The van der Waals surface area contributed by atoms with Gasteiger partial charge in [-0.05, 0) is 61.0 Å². The summed E-state index contributed by atoms with van der Waals surface area (Å²) in [6.45, 7) is 2.21. The van der Waals surface area contributed by atoms with Gasteiger partial charge in [0.1, 0.15) is 17.9 Å². The molecule has 0 atom stereocenters. The van der Waals surface area contributed by atoms with Gasteiger partial charge in [-0.3, -0.25) is 4.79 Å². The van der Waals surface area contributed by atoms with Crippen molar-refractivity contribution in [2.75, 3.05) is 7.11 Å². The Bertz CT molecular complexity index is 1210. The van der Waals surface area contributed by atoms with Crippen LogP contribution in [0, 0.1) is 6.92 Å². The van der Waals surface area contributed by atoms with E-state index < -0.39 is 0 Å². The number of halogens is 1. The van der Waals surface area contributed by atoms with Gasteiger partial charge in [0.2, 0.25) is 11.2 Å². The molecule has 0 aliphatic rings. The summed E-state index contributed by atoms with van der Waals surface area (Å²) in [5.74, 6) is 1.34. The SMILES string of the molecule is COc1ccc(-c2oc3ccc(C)cc3c(=O)c2OCc2ccc(Br)cc2)cc1. The third-order valence-electron chi connectivity index (χ3n) is 4.65. The van der Waals surface area contributed by atoms with Crippen LogP contribution in [0.2, 0.25) is 0 Å². The molecule has 4 rings (SSSR count). The van der Waals surface area contributed by atoms with E-state index in [1.165, 1.54) is 0 Å². The Balaban J connectivity index is 1.82. The summed E-state index contributed by atoms with van der Waals surface area (Å²) < 4.78 is 18.3. The summed E-state index contributed by atoms with van der Waals surface area (Å²) in [5.41, 5.74) is 3.04. The first kappa shape index (κ1) is 19.3. The van der Waals surface area contributed by atoms with Gasteiger partial charge < -0.3 is 13.9 Å². The van der Waals surface area contributed by atoms with Gasteiger partial charge in [0, 0.05) is 10.0 Å². The van der Waals surface area contributed by atoms with Crippen LogP contribution in [0.15, 0.2) is 80.4 Å². The number of rotatable bonds is 5. The summed E-state index contributed by atoms with van der Waals surface area (Å²) in [7, 11) is 1.61. The lowest BCUT2D eigenvalue weighted by Gasteiger charge is -2.12. The maximum Gasteiger partial charge on any atom is 0.235 e. The molecule has 1 aromatic heterocycles. The van der Waals surface area contributed by atoms with Crippen LogP contribution in [0.1, 0.15) is 11.1 Å². The van der Waals surface area contributed by atoms with Crippen LogP contribution in [0.4, 0.5) is 0 Å². The number of ether oxygens (including phenoxy) is 2. The zero-order chi connectivity index (χ0) is 20.4. The zero-order valence-corrected chi connectivity index (χ0v) is 17.7. The van der Waals surface area contributed by atoms with E-state index in [9.17, 15) is 4.79 Å². The Hall–Kier alpha value is -3.05. The number of benzene rings is 3. The fourth-order valence-electron chi connectivity index (χ4n) is 3.09. The molecule has 146 valence electrons. The molecule has 0 spiro atoms. The molecule has 4 aromatic rings. The average molecular weight is 451 g/mol. The Morgan fingerprint density at radius 2 is 1.69 bits per heavy atom. The lowest BCUT2D eigenvalue weighted by atomic mass is 10.1. The van der Waals surface area contributed by atoms with E-state index in [1.807, 2.05) is 73.7 Å². The molecule has 0 fully saturated rings. The largest absolute Gasteiger partial charge is 0.497 e. The minimum absolute atomic E-state index is 0.183. The standard InChI is InChI=1S/C24H19BrO4/c1-15-3-12-21-20(13-15)22(26)24(28-14-16-4-8-18(25)9-5-16)23(29-21)17-6-10-19(27-2)11-7-17/h3-13H,14H2,1-2H3. The van der Waals surface area contributed by atoms with E-state index in [-0.39, 0.29) is 17.8 Å². The van der Waals surface area contributed by atoms with Crippen molar-refractivity contribution in [3.05, 3.63) is 92.6 Å². The summed E-state index contributed by atoms with van der Waals surface area (Å²) in [6.07, 6.45) is 0.